The van der Waals surface area contributed by atoms with Gasteiger partial charge in [0.1, 0.15) is 0 Å². The molecule has 1 aliphatic rings. The Morgan fingerprint density at radius 3 is 2.59 bits per heavy atom. The van der Waals surface area contributed by atoms with E-state index in [1.807, 2.05) is 31.4 Å². The third kappa shape index (κ3) is 3.41. The van der Waals surface area contributed by atoms with Crippen LogP contribution in [-0.2, 0) is 4.79 Å². The number of aromatic nitrogens is 3. The van der Waals surface area contributed by atoms with E-state index >= 15 is 0 Å². The molecule has 0 spiro atoms. The van der Waals surface area contributed by atoms with Gasteiger partial charge in [0, 0.05) is 24.4 Å². The minimum Gasteiger partial charge on any atom is -0.355 e. The van der Waals surface area contributed by atoms with Crippen molar-refractivity contribution in [2.45, 2.75) is 26.7 Å². The normalized spacial score (nSPS) is 15.8. The number of carbonyl (C=O) groups is 1. The highest BCUT2D eigenvalue weighted by Gasteiger charge is 2.26. The van der Waals surface area contributed by atoms with Gasteiger partial charge in [0.05, 0.1) is 11.4 Å². The maximum Gasteiger partial charge on any atom is 0.229 e. The van der Waals surface area contributed by atoms with Crippen molar-refractivity contribution < 1.29 is 4.79 Å². The molecule has 1 aliphatic heterocycles. The van der Waals surface area contributed by atoms with Gasteiger partial charge in [0.2, 0.25) is 5.91 Å². The Morgan fingerprint density at radius 1 is 1.23 bits per heavy atom. The number of nitrogens with one attached hydrogen (secondary N) is 1. The molecule has 3 heterocycles. The van der Waals surface area contributed by atoms with Crippen LogP contribution in [0.2, 0.25) is 0 Å². The topological polar surface area (TPSA) is 71.0 Å². The largest absolute Gasteiger partial charge is 0.355 e. The second-order valence-corrected chi connectivity index (χ2v) is 6.44. The molecule has 2 aromatic heterocycles. The lowest BCUT2D eigenvalue weighted by Crippen LogP contribution is -2.38. The second kappa shape index (κ2) is 6.39. The highest BCUT2D eigenvalue weighted by molar-refractivity contribution is 7.13. The number of hydrogen-bond acceptors (Lipinski definition) is 6. The van der Waals surface area contributed by atoms with Crippen molar-refractivity contribution >= 4 is 28.2 Å². The van der Waals surface area contributed by atoms with Gasteiger partial charge in [0.25, 0.3) is 0 Å². The molecule has 0 bridgehead atoms. The summed E-state index contributed by atoms with van der Waals surface area (Å²) in [7, 11) is 0. The molecule has 0 atom stereocenters. The van der Waals surface area contributed by atoms with Gasteiger partial charge in [-0.2, -0.15) is 5.10 Å². The van der Waals surface area contributed by atoms with Gasteiger partial charge < -0.3 is 10.2 Å². The lowest BCUT2D eigenvalue weighted by molar-refractivity contribution is -0.120. The molecule has 7 heteroatoms. The molecule has 6 nitrogen and oxygen atoms in total. The predicted octanol–water partition coefficient (Wildman–Crippen LogP) is 2.41. The lowest BCUT2D eigenvalue weighted by Gasteiger charge is -2.31. The van der Waals surface area contributed by atoms with Crippen LogP contribution >= 0.6 is 11.3 Å². The highest BCUT2D eigenvalue weighted by Crippen LogP contribution is 2.23. The third-order valence-electron chi connectivity index (χ3n) is 3.82. The van der Waals surface area contributed by atoms with Crippen LogP contribution in [0.25, 0.3) is 0 Å². The second-order valence-electron chi connectivity index (χ2n) is 5.58. The first-order valence-corrected chi connectivity index (χ1v) is 8.28. The number of rotatable bonds is 3. The standard InChI is InChI=1S/C15H19N5OS/c1-10-3-4-13(19-18-10)20-7-5-12(6-8-20)14(21)17-15-16-11(2)9-22-15/h3-4,9,12H,5-8H2,1-2H3,(H,16,17,21). The molecular weight excluding hydrogens is 298 g/mol. The zero-order valence-corrected chi connectivity index (χ0v) is 13.6. The number of thiazole rings is 1. The van der Waals surface area contributed by atoms with Crippen LogP contribution in [0.3, 0.4) is 0 Å². The van der Waals surface area contributed by atoms with Gasteiger partial charge in [-0.1, -0.05) is 0 Å². The molecule has 1 N–H and O–H groups in total. The van der Waals surface area contributed by atoms with E-state index in [0.717, 1.165) is 43.1 Å². The zero-order chi connectivity index (χ0) is 15.5. The van der Waals surface area contributed by atoms with Crippen molar-refractivity contribution in [2.24, 2.45) is 5.92 Å². The molecule has 3 rings (SSSR count). The monoisotopic (exact) mass is 317 g/mol. The van der Waals surface area contributed by atoms with Gasteiger partial charge in [-0.25, -0.2) is 4.98 Å². The van der Waals surface area contributed by atoms with Crippen LogP contribution in [0.1, 0.15) is 24.2 Å². The first-order chi connectivity index (χ1) is 10.6. The van der Waals surface area contributed by atoms with Crippen LogP contribution < -0.4 is 10.2 Å². The molecule has 1 amide bonds. The Morgan fingerprint density at radius 2 is 2.00 bits per heavy atom. The van der Waals surface area contributed by atoms with Crippen LogP contribution in [0.5, 0.6) is 0 Å². The van der Waals surface area contributed by atoms with Gasteiger partial charge in [-0.3, -0.25) is 4.79 Å². The Balaban J connectivity index is 1.54. The molecule has 22 heavy (non-hydrogen) atoms. The van der Waals surface area contributed by atoms with E-state index in [9.17, 15) is 4.79 Å². The van der Waals surface area contributed by atoms with E-state index < -0.39 is 0 Å². The molecule has 2 aromatic rings. The third-order valence-corrected chi connectivity index (χ3v) is 4.70. The first-order valence-electron chi connectivity index (χ1n) is 7.40. The summed E-state index contributed by atoms with van der Waals surface area (Å²) >= 11 is 1.47. The molecule has 1 fully saturated rings. The summed E-state index contributed by atoms with van der Waals surface area (Å²) in [6.45, 7) is 5.50. The number of aryl methyl sites for hydroxylation is 2. The molecular formula is C15H19N5OS. The van der Waals surface area contributed by atoms with Crippen molar-refractivity contribution in [1.29, 1.82) is 0 Å². The summed E-state index contributed by atoms with van der Waals surface area (Å²) in [4.78, 5) is 18.7. The maximum atomic E-state index is 12.3. The number of hydrogen-bond donors (Lipinski definition) is 1. The quantitative estimate of drug-likeness (QED) is 0.941. The van der Waals surface area contributed by atoms with Gasteiger partial charge >= 0.3 is 0 Å². The fourth-order valence-electron chi connectivity index (χ4n) is 2.55. The maximum absolute atomic E-state index is 12.3. The Kier molecular flexibility index (Phi) is 4.33. The molecule has 0 radical (unpaired) electrons. The van der Waals surface area contributed by atoms with Crippen molar-refractivity contribution in [1.82, 2.24) is 15.2 Å². The molecule has 0 unspecified atom stereocenters. The van der Waals surface area contributed by atoms with Gasteiger partial charge in [-0.05, 0) is 38.8 Å². The van der Waals surface area contributed by atoms with E-state index in [0.29, 0.717) is 5.13 Å². The molecule has 0 aliphatic carbocycles. The van der Waals surface area contributed by atoms with Crippen molar-refractivity contribution in [3.8, 4) is 0 Å². The fourth-order valence-corrected chi connectivity index (χ4v) is 3.24. The Labute approximate surface area is 133 Å². The van der Waals surface area contributed by atoms with E-state index in [-0.39, 0.29) is 11.8 Å². The minimum absolute atomic E-state index is 0.0406. The number of amides is 1. The fraction of sp³-hybridized carbons (Fsp3) is 0.467. The van der Waals surface area contributed by atoms with Crippen LogP contribution in [-0.4, -0.2) is 34.2 Å². The zero-order valence-electron chi connectivity index (χ0n) is 12.7. The summed E-state index contributed by atoms with van der Waals surface area (Å²) in [5, 5.41) is 13.8. The Bertz CT molecular complexity index is 646. The predicted molar refractivity (Wildman–Crippen MR) is 87.2 cm³/mol. The van der Waals surface area contributed by atoms with Crippen molar-refractivity contribution in [3.05, 3.63) is 28.9 Å². The summed E-state index contributed by atoms with van der Waals surface area (Å²) in [6.07, 6.45) is 1.65. The first kappa shape index (κ1) is 14.9. The summed E-state index contributed by atoms with van der Waals surface area (Å²) in [5.74, 6) is 1.00. The van der Waals surface area contributed by atoms with Gasteiger partial charge in [0.15, 0.2) is 10.9 Å². The SMILES string of the molecule is Cc1ccc(N2CCC(C(=O)Nc3nc(C)cs3)CC2)nn1. The van der Waals surface area contributed by atoms with E-state index in [4.69, 9.17) is 0 Å². The molecule has 1 saturated heterocycles. The molecule has 0 saturated carbocycles. The summed E-state index contributed by atoms with van der Waals surface area (Å²) < 4.78 is 0. The average molecular weight is 317 g/mol. The van der Waals surface area contributed by atoms with Crippen molar-refractivity contribution in [3.63, 3.8) is 0 Å². The van der Waals surface area contributed by atoms with Gasteiger partial charge in [-0.15, -0.1) is 16.4 Å². The van der Waals surface area contributed by atoms with E-state index in [1.54, 1.807) is 0 Å². The number of piperidine rings is 1. The number of nitrogens with zero attached hydrogens (tertiary/aromatic N) is 4. The van der Waals surface area contributed by atoms with Crippen molar-refractivity contribution in [2.75, 3.05) is 23.3 Å². The smallest absolute Gasteiger partial charge is 0.229 e. The molecule has 0 aromatic carbocycles. The van der Waals surface area contributed by atoms with E-state index in [1.165, 1.54) is 11.3 Å². The van der Waals surface area contributed by atoms with Crippen LogP contribution in [0, 0.1) is 19.8 Å². The van der Waals surface area contributed by atoms with Crippen LogP contribution in [0.4, 0.5) is 10.9 Å². The molecule has 116 valence electrons. The highest BCUT2D eigenvalue weighted by atomic mass is 32.1. The summed E-state index contributed by atoms with van der Waals surface area (Å²) in [6, 6.07) is 3.95. The van der Waals surface area contributed by atoms with Crippen LogP contribution in [0.15, 0.2) is 17.5 Å². The summed E-state index contributed by atoms with van der Waals surface area (Å²) in [5.41, 5.74) is 1.85. The average Bonchev–Trinajstić information content (AvgIpc) is 2.93. The Hall–Kier alpha value is -2.02. The minimum atomic E-state index is 0.0406. The van der Waals surface area contributed by atoms with E-state index in [2.05, 4.69) is 25.4 Å². The lowest BCUT2D eigenvalue weighted by atomic mass is 9.96. The number of anilines is 2. The number of carbonyl (C=O) groups excluding carboxylic acids is 1.